The fourth-order valence-electron chi connectivity index (χ4n) is 1.39. The third-order valence-corrected chi connectivity index (χ3v) is 2.19. The topological polar surface area (TPSA) is 108 Å². The molecule has 1 heterocycles. The molecule has 1 aromatic carbocycles. The Morgan fingerprint density at radius 1 is 1.37 bits per heavy atom. The molecule has 0 radical (unpaired) electrons. The van der Waals surface area contributed by atoms with Crippen molar-refractivity contribution in [3.63, 3.8) is 0 Å². The van der Waals surface area contributed by atoms with Gasteiger partial charge in [0.25, 0.3) is 5.91 Å². The van der Waals surface area contributed by atoms with Gasteiger partial charge in [-0.05, 0) is 23.8 Å². The van der Waals surface area contributed by atoms with Crippen molar-refractivity contribution in [1.29, 1.82) is 0 Å². The van der Waals surface area contributed by atoms with Crippen LogP contribution in [0.1, 0.15) is 16.2 Å². The first-order valence-corrected chi connectivity index (χ1v) is 5.33. The predicted octanol–water partition coefficient (Wildman–Crippen LogP) is 1.15. The lowest BCUT2D eigenvalue weighted by atomic mass is 10.2. The van der Waals surface area contributed by atoms with Crippen molar-refractivity contribution in [2.75, 3.05) is 5.32 Å². The molecule has 0 bridgehead atoms. The predicted molar refractivity (Wildman–Crippen MR) is 67.4 cm³/mol. The first kappa shape index (κ1) is 12.5. The van der Waals surface area contributed by atoms with Crippen molar-refractivity contribution in [1.82, 2.24) is 15.2 Å². The highest BCUT2D eigenvalue weighted by atomic mass is 16.4. The van der Waals surface area contributed by atoms with E-state index in [4.69, 9.17) is 5.11 Å². The standard InChI is InChI=1S/C12H10N4O3/c17-10(18)5-4-8-2-1-3-9(6-8)15-12(19)11-13-7-14-16-11/h1-7H,(H,15,19)(H,17,18)(H,13,14,16). The van der Waals surface area contributed by atoms with E-state index < -0.39 is 11.9 Å². The van der Waals surface area contributed by atoms with Crippen molar-refractivity contribution in [2.45, 2.75) is 0 Å². The van der Waals surface area contributed by atoms with Crippen LogP contribution in [0.25, 0.3) is 6.08 Å². The number of carboxylic acid groups (broad SMARTS) is 1. The quantitative estimate of drug-likeness (QED) is 0.713. The Balaban J connectivity index is 2.11. The van der Waals surface area contributed by atoms with Gasteiger partial charge in [-0.25, -0.2) is 9.78 Å². The van der Waals surface area contributed by atoms with Crippen molar-refractivity contribution < 1.29 is 14.7 Å². The molecule has 0 aliphatic carbocycles. The fraction of sp³-hybridized carbons (Fsp3) is 0. The fourth-order valence-corrected chi connectivity index (χ4v) is 1.39. The number of nitrogens with zero attached hydrogens (tertiary/aromatic N) is 2. The number of rotatable bonds is 4. The highest BCUT2D eigenvalue weighted by molar-refractivity contribution is 6.01. The minimum Gasteiger partial charge on any atom is -0.478 e. The summed E-state index contributed by atoms with van der Waals surface area (Å²) in [6.45, 7) is 0. The molecule has 1 amide bonds. The SMILES string of the molecule is O=C(O)C=Cc1cccc(NC(=O)c2ncn[nH]2)c1. The number of aromatic nitrogens is 3. The molecule has 7 heteroatoms. The first-order chi connectivity index (χ1) is 9.15. The average molecular weight is 258 g/mol. The number of carbonyl (C=O) groups excluding carboxylic acids is 1. The van der Waals surface area contributed by atoms with Crippen LogP contribution in [0, 0.1) is 0 Å². The summed E-state index contributed by atoms with van der Waals surface area (Å²) in [5.74, 6) is -1.35. The van der Waals surface area contributed by atoms with E-state index in [-0.39, 0.29) is 5.82 Å². The maximum Gasteiger partial charge on any atom is 0.328 e. The van der Waals surface area contributed by atoms with Crippen LogP contribution in [0.15, 0.2) is 36.7 Å². The van der Waals surface area contributed by atoms with E-state index >= 15 is 0 Å². The summed E-state index contributed by atoms with van der Waals surface area (Å²) in [5, 5.41) is 17.2. The molecule has 0 spiro atoms. The molecule has 0 fully saturated rings. The Morgan fingerprint density at radius 2 is 2.21 bits per heavy atom. The average Bonchev–Trinajstić information content (AvgIpc) is 2.91. The minimum absolute atomic E-state index is 0.103. The van der Waals surface area contributed by atoms with E-state index in [1.807, 2.05) is 0 Å². The second kappa shape index (κ2) is 5.58. The molecule has 0 aliphatic heterocycles. The van der Waals surface area contributed by atoms with Crippen LogP contribution in [-0.2, 0) is 4.79 Å². The number of hydrogen-bond acceptors (Lipinski definition) is 4. The summed E-state index contributed by atoms with van der Waals surface area (Å²) in [6.07, 6.45) is 3.70. The molecule has 2 aromatic rings. The van der Waals surface area contributed by atoms with Crippen LogP contribution in [0.5, 0.6) is 0 Å². The smallest absolute Gasteiger partial charge is 0.328 e. The molecule has 3 N–H and O–H groups in total. The van der Waals surface area contributed by atoms with Gasteiger partial charge in [-0.1, -0.05) is 12.1 Å². The lowest BCUT2D eigenvalue weighted by Gasteiger charge is -2.03. The second-order valence-corrected chi connectivity index (χ2v) is 3.59. The van der Waals surface area contributed by atoms with Crippen LogP contribution in [-0.4, -0.2) is 32.2 Å². The number of H-pyrrole nitrogens is 1. The molecule has 7 nitrogen and oxygen atoms in total. The number of carbonyl (C=O) groups is 2. The van der Waals surface area contributed by atoms with Crippen molar-refractivity contribution in [3.05, 3.63) is 48.1 Å². The van der Waals surface area contributed by atoms with E-state index in [1.54, 1.807) is 24.3 Å². The summed E-state index contributed by atoms with van der Waals surface area (Å²) >= 11 is 0. The third kappa shape index (κ3) is 3.50. The van der Waals surface area contributed by atoms with Crippen LogP contribution in [0.4, 0.5) is 5.69 Å². The van der Waals surface area contributed by atoms with Crippen LogP contribution >= 0.6 is 0 Å². The van der Waals surface area contributed by atoms with Crippen molar-refractivity contribution >= 4 is 23.6 Å². The van der Waals surface area contributed by atoms with E-state index in [0.29, 0.717) is 11.3 Å². The zero-order chi connectivity index (χ0) is 13.7. The van der Waals surface area contributed by atoms with Gasteiger partial charge < -0.3 is 10.4 Å². The summed E-state index contributed by atoms with van der Waals surface area (Å²) in [5.41, 5.74) is 1.20. The van der Waals surface area contributed by atoms with Gasteiger partial charge in [-0.3, -0.25) is 9.89 Å². The molecule has 0 saturated heterocycles. The van der Waals surface area contributed by atoms with Gasteiger partial charge in [-0.2, -0.15) is 5.10 Å². The number of aromatic amines is 1. The van der Waals surface area contributed by atoms with Gasteiger partial charge in [0, 0.05) is 11.8 Å². The van der Waals surface area contributed by atoms with Gasteiger partial charge in [0.05, 0.1) is 0 Å². The van der Waals surface area contributed by atoms with Gasteiger partial charge >= 0.3 is 5.97 Å². The summed E-state index contributed by atoms with van der Waals surface area (Å²) in [4.78, 5) is 25.8. The van der Waals surface area contributed by atoms with Gasteiger partial charge in [0.15, 0.2) is 0 Å². The Bertz CT molecular complexity index is 620. The zero-order valence-electron chi connectivity index (χ0n) is 9.70. The van der Waals surface area contributed by atoms with Crippen LogP contribution < -0.4 is 5.32 Å². The third-order valence-electron chi connectivity index (χ3n) is 2.19. The number of nitrogens with one attached hydrogen (secondary N) is 2. The van der Waals surface area contributed by atoms with Crippen LogP contribution in [0.3, 0.4) is 0 Å². The Morgan fingerprint density at radius 3 is 2.89 bits per heavy atom. The van der Waals surface area contributed by atoms with Gasteiger partial charge in [0.1, 0.15) is 6.33 Å². The van der Waals surface area contributed by atoms with Crippen molar-refractivity contribution in [3.8, 4) is 0 Å². The largest absolute Gasteiger partial charge is 0.478 e. The molecule has 0 atom stereocenters. The monoisotopic (exact) mass is 258 g/mol. The lowest BCUT2D eigenvalue weighted by molar-refractivity contribution is -0.131. The Labute approximate surface area is 108 Å². The normalized spacial score (nSPS) is 10.5. The number of aliphatic carboxylic acids is 1. The van der Waals surface area contributed by atoms with Crippen LogP contribution in [0.2, 0.25) is 0 Å². The van der Waals surface area contributed by atoms with Crippen molar-refractivity contribution in [2.24, 2.45) is 0 Å². The van der Waals surface area contributed by atoms with Gasteiger partial charge in [-0.15, -0.1) is 0 Å². The highest BCUT2D eigenvalue weighted by Gasteiger charge is 2.08. The second-order valence-electron chi connectivity index (χ2n) is 3.59. The maximum absolute atomic E-state index is 11.7. The maximum atomic E-state index is 11.7. The Hall–Kier alpha value is -2.96. The molecular formula is C12H10N4O3. The number of amides is 1. The Kier molecular flexibility index (Phi) is 3.67. The molecule has 0 aliphatic rings. The number of carboxylic acids is 1. The molecule has 1 aromatic heterocycles. The first-order valence-electron chi connectivity index (χ1n) is 5.33. The molecule has 2 rings (SSSR count). The zero-order valence-corrected chi connectivity index (χ0v) is 9.70. The summed E-state index contributed by atoms with van der Waals surface area (Å²) in [7, 11) is 0. The number of anilines is 1. The van der Waals surface area contributed by atoms with Gasteiger partial charge in [0.2, 0.25) is 5.82 Å². The molecule has 19 heavy (non-hydrogen) atoms. The molecular weight excluding hydrogens is 248 g/mol. The minimum atomic E-state index is -1.03. The molecule has 0 saturated carbocycles. The van der Waals surface area contributed by atoms with E-state index in [9.17, 15) is 9.59 Å². The molecule has 0 unspecified atom stereocenters. The number of benzene rings is 1. The molecule has 96 valence electrons. The lowest BCUT2D eigenvalue weighted by Crippen LogP contribution is -2.13. The number of hydrogen-bond donors (Lipinski definition) is 3. The summed E-state index contributed by atoms with van der Waals surface area (Å²) in [6, 6.07) is 6.77. The van der Waals surface area contributed by atoms with E-state index in [2.05, 4.69) is 20.5 Å². The summed E-state index contributed by atoms with van der Waals surface area (Å²) < 4.78 is 0. The van der Waals surface area contributed by atoms with E-state index in [1.165, 1.54) is 12.4 Å². The van der Waals surface area contributed by atoms with E-state index in [0.717, 1.165) is 6.08 Å². The highest BCUT2D eigenvalue weighted by Crippen LogP contribution is 2.12.